The first-order chi connectivity index (χ1) is 13.9. The Bertz CT molecular complexity index is 994. The zero-order valence-electron chi connectivity index (χ0n) is 16.0. The van der Waals surface area contributed by atoms with Crippen molar-refractivity contribution in [3.05, 3.63) is 76.1 Å². The van der Waals surface area contributed by atoms with E-state index in [4.69, 9.17) is 4.74 Å². The van der Waals surface area contributed by atoms with Gasteiger partial charge >= 0.3 is 5.97 Å². The molecule has 1 atom stereocenters. The normalized spacial score (nSPS) is 17.8. The summed E-state index contributed by atoms with van der Waals surface area (Å²) in [5.41, 5.74) is 2.24. The van der Waals surface area contributed by atoms with Crippen LogP contribution in [0.2, 0.25) is 0 Å². The molecule has 148 valence electrons. The minimum atomic E-state index is -0.784. The minimum absolute atomic E-state index is 0.110. The topological polar surface area (TPSA) is 70.4 Å². The summed E-state index contributed by atoms with van der Waals surface area (Å²) < 4.78 is 18.4. The van der Waals surface area contributed by atoms with E-state index in [0.29, 0.717) is 12.1 Å². The fourth-order valence-corrected chi connectivity index (χ4v) is 4.24. The summed E-state index contributed by atoms with van der Waals surface area (Å²) in [6.07, 6.45) is 0.437. The number of hydrogen-bond acceptors (Lipinski definition) is 5. The van der Waals surface area contributed by atoms with Crippen molar-refractivity contribution in [3.63, 3.8) is 0 Å². The van der Waals surface area contributed by atoms with Gasteiger partial charge in [0.2, 0.25) is 5.91 Å². The smallest absolute Gasteiger partial charge is 0.351 e. The molecule has 0 saturated carbocycles. The van der Waals surface area contributed by atoms with E-state index >= 15 is 0 Å². The molecule has 1 fully saturated rings. The first-order valence-electron chi connectivity index (χ1n) is 9.07. The Labute approximate surface area is 172 Å². The highest BCUT2D eigenvalue weighted by Gasteiger charge is 2.41. The third kappa shape index (κ3) is 4.49. The number of halogens is 1. The van der Waals surface area contributed by atoms with Gasteiger partial charge in [-0.15, -0.1) is 0 Å². The van der Waals surface area contributed by atoms with Crippen molar-refractivity contribution in [1.29, 1.82) is 5.26 Å². The number of benzene rings is 2. The molecule has 1 aliphatic heterocycles. The summed E-state index contributed by atoms with van der Waals surface area (Å²) in [6.45, 7) is 3.73. The number of esters is 1. The van der Waals surface area contributed by atoms with Crippen LogP contribution in [0.25, 0.3) is 0 Å². The molecule has 2 aromatic carbocycles. The van der Waals surface area contributed by atoms with Gasteiger partial charge < -0.3 is 4.74 Å². The van der Waals surface area contributed by atoms with Gasteiger partial charge in [0, 0.05) is 5.69 Å². The van der Waals surface area contributed by atoms with Gasteiger partial charge in [0.1, 0.15) is 16.9 Å². The Hall–Kier alpha value is -3.11. The number of amides is 1. The third-order valence-corrected chi connectivity index (χ3v) is 5.65. The average Bonchev–Trinajstić information content (AvgIpc) is 3.01. The average molecular weight is 410 g/mol. The Morgan fingerprint density at radius 2 is 1.86 bits per heavy atom. The van der Waals surface area contributed by atoms with E-state index in [1.165, 1.54) is 29.2 Å². The largest absolute Gasteiger partial charge is 0.462 e. The van der Waals surface area contributed by atoms with Gasteiger partial charge in [-0.05, 0) is 50.1 Å². The maximum Gasteiger partial charge on any atom is 0.351 e. The zero-order valence-corrected chi connectivity index (χ0v) is 16.8. The lowest BCUT2D eigenvalue weighted by atomic mass is 10.1. The monoisotopic (exact) mass is 410 g/mol. The van der Waals surface area contributed by atoms with Gasteiger partial charge in [0.05, 0.1) is 11.9 Å². The number of carbonyl (C=O) groups is 2. The number of hydrogen-bond donors (Lipinski definition) is 0. The molecule has 7 heteroatoms. The molecular formula is C22H19FN2O3S. The predicted molar refractivity (Wildman–Crippen MR) is 109 cm³/mol. The Kier molecular flexibility index (Phi) is 6.35. The number of anilines is 1. The summed E-state index contributed by atoms with van der Waals surface area (Å²) in [5.74, 6) is -1.50. The molecule has 0 spiro atoms. The van der Waals surface area contributed by atoms with Gasteiger partial charge in [0.25, 0.3) is 0 Å². The maximum atomic E-state index is 13.4. The molecule has 0 aliphatic carbocycles. The third-order valence-electron chi connectivity index (χ3n) is 4.38. The van der Waals surface area contributed by atoms with Crippen molar-refractivity contribution in [2.75, 3.05) is 11.5 Å². The summed E-state index contributed by atoms with van der Waals surface area (Å²) in [5, 5.41) is 9.26. The molecular weight excluding hydrogens is 391 g/mol. The molecule has 0 aromatic heterocycles. The SMILES string of the molecule is CCOC(=O)/C(C#N)=C1/S[C@@H](Cc2ccc(C)cc2)C(=O)N1c1ccc(F)cc1. The number of carbonyl (C=O) groups excluding carboxylic acids is 2. The molecule has 5 nitrogen and oxygen atoms in total. The summed E-state index contributed by atoms with van der Waals surface area (Å²) in [7, 11) is 0. The molecule has 1 amide bonds. The maximum absolute atomic E-state index is 13.4. The lowest BCUT2D eigenvalue weighted by molar-refractivity contribution is -0.138. The predicted octanol–water partition coefficient (Wildman–Crippen LogP) is 4.12. The van der Waals surface area contributed by atoms with Gasteiger partial charge in [-0.3, -0.25) is 9.69 Å². The second-order valence-electron chi connectivity index (χ2n) is 6.46. The van der Waals surface area contributed by atoms with Crippen LogP contribution in [-0.2, 0) is 20.7 Å². The number of thioether (sulfide) groups is 1. The lowest BCUT2D eigenvalue weighted by Gasteiger charge is -2.18. The van der Waals surface area contributed by atoms with E-state index in [2.05, 4.69) is 0 Å². The molecule has 1 saturated heterocycles. The fourth-order valence-electron chi connectivity index (χ4n) is 2.94. The van der Waals surface area contributed by atoms with E-state index in [-0.39, 0.29) is 23.1 Å². The van der Waals surface area contributed by atoms with Gasteiger partial charge in [0.15, 0.2) is 5.57 Å². The van der Waals surface area contributed by atoms with E-state index < -0.39 is 17.0 Å². The van der Waals surface area contributed by atoms with Crippen LogP contribution < -0.4 is 4.90 Å². The second-order valence-corrected chi connectivity index (χ2v) is 7.65. The molecule has 1 heterocycles. The van der Waals surface area contributed by atoms with Crippen LogP contribution in [0.3, 0.4) is 0 Å². The standard InChI is InChI=1S/C22H19FN2O3S/c1-3-28-22(27)18(13-24)21-25(17-10-8-16(23)9-11-17)20(26)19(29-21)12-15-6-4-14(2)5-7-15/h4-11,19H,3,12H2,1-2H3/b21-18+/t19-/m0/s1. The van der Waals surface area contributed by atoms with Crippen molar-refractivity contribution in [3.8, 4) is 6.07 Å². The summed E-state index contributed by atoms with van der Waals surface area (Å²) in [4.78, 5) is 26.8. The summed E-state index contributed by atoms with van der Waals surface area (Å²) in [6, 6.07) is 15.1. The first-order valence-corrected chi connectivity index (χ1v) is 9.95. The Balaban J connectivity index is 2.02. The summed E-state index contributed by atoms with van der Waals surface area (Å²) >= 11 is 1.15. The fraction of sp³-hybridized carbons (Fsp3) is 0.227. The lowest BCUT2D eigenvalue weighted by Crippen LogP contribution is -2.30. The van der Waals surface area contributed by atoms with Crippen molar-refractivity contribution in [2.24, 2.45) is 0 Å². The highest BCUT2D eigenvalue weighted by Crippen LogP contribution is 2.42. The molecule has 1 aliphatic rings. The van der Waals surface area contributed by atoms with Crippen molar-refractivity contribution in [1.82, 2.24) is 0 Å². The van der Waals surface area contributed by atoms with E-state index in [0.717, 1.165) is 22.9 Å². The number of nitrogens with zero attached hydrogens (tertiary/aromatic N) is 2. The van der Waals surface area contributed by atoms with Crippen LogP contribution in [0.5, 0.6) is 0 Å². The molecule has 29 heavy (non-hydrogen) atoms. The molecule has 2 aromatic rings. The quantitative estimate of drug-likeness (QED) is 0.421. The molecule has 0 N–H and O–H groups in total. The van der Waals surface area contributed by atoms with E-state index in [1.54, 1.807) is 6.92 Å². The first kappa shape index (κ1) is 20.6. The van der Waals surface area contributed by atoms with Crippen molar-refractivity contribution >= 4 is 29.3 Å². The molecule has 0 unspecified atom stereocenters. The van der Waals surface area contributed by atoms with Crippen molar-refractivity contribution < 1.29 is 18.7 Å². The highest BCUT2D eigenvalue weighted by atomic mass is 32.2. The van der Waals surface area contributed by atoms with Crippen LogP contribution >= 0.6 is 11.8 Å². The molecule has 3 rings (SSSR count). The van der Waals surface area contributed by atoms with Crippen molar-refractivity contribution in [2.45, 2.75) is 25.5 Å². The van der Waals surface area contributed by atoms with Gasteiger partial charge in [-0.2, -0.15) is 5.26 Å². The van der Waals surface area contributed by atoms with E-state index in [9.17, 15) is 19.2 Å². The number of aryl methyl sites for hydroxylation is 1. The van der Waals surface area contributed by atoms with Crippen LogP contribution in [0.15, 0.2) is 59.1 Å². The highest BCUT2D eigenvalue weighted by molar-refractivity contribution is 8.05. The van der Waals surface area contributed by atoms with Crippen LogP contribution in [0.4, 0.5) is 10.1 Å². The zero-order chi connectivity index (χ0) is 21.0. The van der Waals surface area contributed by atoms with Crippen LogP contribution in [0.1, 0.15) is 18.1 Å². The molecule has 0 bridgehead atoms. The number of ether oxygens (including phenoxy) is 1. The number of nitriles is 1. The second kappa shape index (κ2) is 8.93. The van der Waals surface area contributed by atoms with Gasteiger partial charge in [-0.25, -0.2) is 9.18 Å². The Morgan fingerprint density at radius 1 is 1.21 bits per heavy atom. The number of rotatable bonds is 5. The minimum Gasteiger partial charge on any atom is -0.462 e. The van der Waals surface area contributed by atoms with Crippen LogP contribution in [-0.4, -0.2) is 23.7 Å². The Morgan fingerprint density at radius 3 is 2.45 bits per heavy atom. The van der Waals surface area contributed by atoms with Crippen LogP contribution in [0, 0.1) is 24.1 Å². The van der Waals surface area contributed by atoms with Gasteiger partial charge in [-0.1, -0.05) is 41.6 Å². The molecule has 0 radical (unpaired) electrons. The van der Waals surface area contributed by atoms with E-state index in [1.807, 2.05) is 37.3 Å².